The summed E-state index contributed by atoms with van der Waals surface area (Å²) in [7, 11) is 3.13. The topological polar surface area (TPSA) is 106 Å². The molecule has 0 bridgehead atoms. The van der Waals surface area contributed by atoms with E-state index in [0.717, 1.165) is 16.8 Å². The van der Waals surface area contributed by atoms with Gasteiger partial charge >= 0.3 is 6.03 Å². The Morgan fingerprint density at radius 2 is 1.82 bits per heavy atom. The Morgan fingerprint density at radius 1 is 1.11 bits per heavy atom. The van der Waals surface area contributed by atoms with Gasteiger partial charge in [0.15, 0.2) is 11.5 Å². The second-order valence-corrected chi connectivity index (χ2v) is 6.25. The van der Waals surface area contributed by atoms with Crippen LogP contribution < -0.4 is 20.5 Å². The van der Waals surface area contributed by atoms with Gasteiger partial charge in [-0.1, -0.05) is 18.2 Å². The first-order chi connectivity index (χ1) is 13.5. The molecule has 1 aliphatic heterocycles. The van der Waals surface area contributed by atoms with E-state index in [0.29, 0.717) is 30.2 Å². The summed E-state index contributed by atoms with van der Waals surface area (Å²) in [5.41, 5.74) is 8.26. The van der Waals surface area contributed by atoms with E-state index in [4.69, 9.17) is 15.2 Å². The van der Waals surface area contributed by atoms with E-state index in [1.54, 1.807) is 38.5 Å². The highest BCUT2D eigenvalue weighted by Crippen LogP contribution is 2.28. The van der Waals surface area contributed by atoms with Crippen LogP contribution in [0.3, 0.4) is 0 Å². The first-order valence-corrected chi connectivity index (χ1v) is 8.76. The summed E-state index contributed by atoms with van der Waals surface area (Å²) < 4.78 is 10.5. The summed E-state index contributed by atoms with van der Waals surface area (Å²) in [6.45, 7) is 0.530. The Hall–Kier alpha value is -3.55. The number of rotatable bonds is 6. The van der Waals surface area contributed by atoms with Gasteiger partial charge in [0.05, 0.1) is 32.9 Å². The number of benzene rings is 2. The number of amides is 3. The minimum absolute atomic E-state index is 0.0887. The third-order valence-electron chi connectivity index (χ3n) is 4.38. The monoisotopic (exact) mass is 382 g/mol. The number of hydrogen-bond acceptors (Lipinski definition) is 5. The molecule has 0 aromatic heterocycles. The number of methoxy groups -OCH3 is 2. The molecule has 1 heterocycles. The minimum Gasteiger partial charge on any atom is -0.493 e. The summed E-state index contributed by atoms with van der Waals surface area (Å²) in [4.78, 5) is 23.5. The number of anilines is 1. The molecule has 8 nitrogen and oxygen atoms in total. The van der Waals surface area contributed by atoms with E-state index in [1.807, 2.05) is 18.2 Å². The van der Waals surface area contributed by atoms with Gasteiger partial charge < -0.3 is 20.5 Å². The number of nitrogens with two attached hydrogens (primary N) is 1. The van der Waals surface area contributed by atoms with Crippen molar-refractivity contribution in [3.05, 3.63) is 53.6 Å². The fourth-order valence-electron chi connectivity index (χ4n) is 2.98. The van der Waals surface area contributed by atoms with Crippen molar-refractivity contribution in [2.24, 2.45) is 10.8 Å². The third kappa shape index (κ3) is 4.40. The molecule has 3 N–H and O–H groups in total. The molecular weight excluding hydrogens is 360 g/mol. The molecule has 8 heteroatoms. The van der Waals surface area contributed by atoms with Gasteiger partial charge in [0.1, 0.15) is 0 Å². The molecule has 3 rings (SSSR count). The highest BCUT2D eigenvalue weighted by Gasteiger charge is 2.22. The molecule has 146 valence electrons. The van der Waals surface area contributed by atoms with E-state index in [-0.39, 0.29) is 12.3 Å². The van der Waals surface area contributed by atoms with Crippen molar-refractivity contribution < 1.29 is 19.1 Å². The van der Waals surface area contributed by atoms with E-state index in [2.05, 4.69) is 10.4 Å². The van der Waals surface area contributed by atoms with Crippen molar-refractivity contribution in [2.45, 2.75) is 12.8 Å². The fourth-order valence-corrected chi connectivity index (χ4v) is 2.98. The lowest BCUT2D eigenvalue weighted by Gasteiger charge is -2.13. The number of ether oxygens (including phenoxy) is 2. The van der Waals surface area contributed by atoms with Gasteiger partial charge in [-0.15, -0.1) is 0 Å². The van der Waals surface area contributed by atoms with Crippen LogP contribution in [0.1, 0.15) is 17.5 Å². The highest BCUT2D eigenvalue weighted by atomic mass is 16.5. The number of carbonyl (C=O) groups excluding carboxylic acids is 2. The molecule has 0 fully saturated rings. The van der Waals surface area contributed by atoms with Crippen LogP contribution >= 0.6 is 0 Å². The number of hydrazone groups is 1. The molecule has 0 atom stereocenters. The van der Waals surface area contributed by atoms with Gasteiger partial charge in [0.2, 0.25) is 5.91 Å². The van der Waals surface area contributed by atoms with Gasteiger partial charge in [-0.05, 0) is 35.4 Å². The van der Waals surface area contributed by atoms with Crippen LogP contribution in [0.5, 0.6) is 11.5 Å². The van der Waals surface area contributed by atoms with Crippen LogP contribution in [0.15, 0.2) is 47.6 Å². The summed E-state index contributed by atoms with van der Waals surface area (Å²) in [5.74, 6) is 1.12. The second kappa shape index (κ2) is 8.43. The van der Waals surface area contributed by atoms with Crippen molar-refractivity contribution in [1.29, 1.82) is 0 Å². The van der Waals surface area contributed by atoms with E-state index in [1.165, 1.54) is 5.01 Å². The third-order valence-corrected chi connectivity index (χ3v) is 4.38. The van der Waals surface area contributed by atoms with Gasteiger partial charge in [0, 0.05) is 12.1 Å². The lowest BCUT2D eigenvalue weighted by Crippen LogP contribution is -2.25. The molecule has 3 amide bonds. The second-order valence-electron chi connectivity index (χ2n) is 6.25. The summed E-state index contributed by atoms with van der Waals surface area (Å²) >= 11 is 0. The number of primary amides is 1. The zero-order valence-electron chi connectivity index (χ0n) is 15.8. The maximum absolute atomic E-state index is 12.6. The number of hydrogen-bond donors (Lipinski definition) is 2. The molecule has 28 heavy (non-hydrogen) atoms. The van der Waals surface area contributed by atoms with E-state index in [9.17, 15) is 9.59 Å². The lowest BCUT2D eigenvalue weighted by atomic mass is 10.1. The predicted molar refractivity (Wildman–Crippen MR) is 106 cm³/mol. The van der Waals surface area contributed by atoms with E-state index >= 15 is 0 Å². The molecule has 0 radical (unpaired) electrons. The van der Waals surface area contributed by atoms with Crippen LogP contribution in [0.2, 0.25) is 0 Å². The molecule has 0 unspecified atom stereocenters. The van der Waals surface area contributed by atoms with Crippen molar-refractivity contribution in [2.75, 3.05) is 26.1 Å². The van der Waals surface area contributed by atoms with E-state index < -0.39 is 6.03 Å². The van der Waals surface area contributed by atoms with Crippen LogP contribution in [-0.2, 0) is 11.2 Å². The van der Waals surface area contributed by atoms with Gasteiger partial charge in [-0.3, -0.25) is 4.79 Å². The Balaban J connectivity index is 1.67. The van der Waals surface area contributed by atoms with Crippen molar-refractivity contribution in [3.8, 4) is 11.5 Å². The molecular formula is C20H22N4O4. The maximum atomic E-state index is 12.6. The molecule has 2 aromatic carbocycles. The number of carbonyl (C=O) groups is 2. The quantitative estimate of drug-likeness (QED) is 0.800. The van der Waals surface area contributed by atoms with Crippen molar-refractivity contribution in [3.63, 3.8) is 0 Å². The van der Waals surface area contributed by atoms with Crippen LogP contribution in [0.25, 0.3) is 0 Å². The fraction of sp³-hybridized carbons (Fsp3) is 0.250. The SMILES string of the molecule is COc1ccc(CC(=O)N2CCC(c3ccc(NC(N)=O)cc3)=N2)cc1OC. The molecule has 2 aromatic rings. The van der Waals surface area contributed by atoms with Crippen LogP contribution in [0.4, 0.5) is 10.5 Å². The van der Waals surface area contributed by atoms with Crippen LogP contribution in [0, 0.1) is 0 Å². The number of nitrogens with one attached hydrogen (secondary N) is 1. The molecule has 0 spiro atoms. The van der Waals surface area contributed by atoms with Crippen molar-refractivity contribution >= 4 is 23.3 Å². The maximum Gasteiger partial charge on any atom is 0.316 e. The largest absolute Gasteiger partial charge is 0.493 e. The minimum atomic E-state index is -0.613. The molecule has 1 aliphatic rings. The van der Waals surface area contributed by atoms with Gasteiger partial charge in [-0.25, -0.2) is 9.80 Å². The summed E-state index contributed by atoms with van der Waals surface area (Å²) in [5, 5.41) is 8.45. The Labute approximate surface area is 162 Å². The Morgan fingerprint density at radius 3 is 2.46 bits per heavy atom. The average Bonchev–Trinajstić information content (AvgIpc) is 3.18. The average molecular weight is 382 g/mol. The number of nitrogens with zero attached hydrogens (tertiary/aromatic N) is 2. The predicted octanol–water partition coefficient (Wildman–Crippen LogP) is 2.37. The lowest BCUT2D eigenvalue weighted by molar-refractivity contribution is -0.130. The summed E-state index contributed by atoms with van der Waals surface area (Å²) in [6.07, 6.45) is 0.888. The Bertz CT molecular complexity index is 909. The molecule has 0 aliphatic carbocycles. The number of urea groups is 1. The zero-order chi connectivity index (χ0) is 20.1. The van der Waals surface area contributed by atoms with Gasteiger partial charge in [-0.2, -0.15) is 5.10 Å². The molecule has 0 saturated carbocycles. The first kappa shape index (κ1) is 19.2. The van der Waals surface area contributed by atoms with Crippen molar-refractivity contribution in [1.82, 2.24) is 5.01 Å². The standard InChI is InChI=1S/C20H22N4O4/c1-27-17-8-3-13(11-18(17)28-2)12-19(25)24-10-9-16(23-24)14-4-6-15(7-5-14)22-20(21)26/h3-8,11H,9-10,12H2,1-2H3,(H3,21,22,26). The first-order valence-electron chi connectivity index (χ1n) is 8.76. The highest BCUT2D eigenvalue weighted by molar-refractivity contribution is 6.03. The summed E-state index contributed by atoms with van der Waals surface area (Å²) in [6, 6.07) is 12.0. The van der Waals surface area contributed by atoms with Crippen LogP contribution in [-0.4, -0.2) is 43.4 Å². The van der Waals surface area contributed by atoms with Gasteiger partial charge in [0.25, 0.3) is 0 Å². The normalized spacial score (nSPS) is 13.1. The Kier molecular flexibility index (Phi) is 5.78. The smallest absolute Gasteiger partial charge is 0.316 e. The zero-order valence-corrected chi connectivity index (χ0v) is 15.8. The molecule has 0 saturated heterocycles.